The van der Waals surface area contributed by atoms with E-state index in [-0.39, 0.29) is 18.1 Å². The van der Waals surface area contributed by atoms with Crippen molar-refractivity contribution in [3.05, 3.63) is 0 Å². The van der Waals surface area contributed by atoms with Gasteiger partial charge in [-0.3, -0.25) is 4.79 Å². The van der Waals surface area contributed by atoms with E-state index in [0.717, 1.165) is 0 Å². The summed E-state index contributed by atoms with van der Waals surface area (Å²) in [6, 6.07) is 0.127. The van der Waals surface area contributed by atoms with Crippen LogP contribution in [0, 0.1) is 0 Å². The zero-order chi connectivity index (χ0) is 7.30. The molecule has 4 nitrogen and oxygen atoms in total. The minimum absolute atomic E-state index is 0.127. The smallest absolute Gasteiger partial charge is 0.254 e. The molecule has 2 aliphatic heterocycles. The quantitative estimate of drug-likeness (QED) is 0.453. The van der Waals surface area contributed by atoms with Crippen molar-refractivity contribution in [2.24, 2.45) is 0 Å². The van der Waals surface area contributed by atoms with Crippen LogP contribution in [0.2, 0.25) is 0 Å². The number of likely N-dealkylation sites (tertiary alicyclic amines) is 1. The number of nitrogens with zero attached hydrogens (tertiary/aromatic N) is 1. The molecule has 2 aliphatic rings. The number of aliphatic hydroxyl groups is 1. The van der Waals surface area contributed by atoms with Crippen molar-refractivity contribution in [2.75, 3.05) is 13.7 Å². The van der Waals surface area contributed by atoms with Gasteiger partial charge in [0.05, 0.1) is 12.6 Å². The highest BCUT2D eigenvalue weighted by Crippen LogP contribution is 2.28. The first-order valence-electron chi connectivity index (χ1n) is 3.28. The molecule has 0 unspecified atom stereocenters. The number of carbonyl (C=O) groups excluding carboxylic acids is 1. The van der Waals surface area contributed by atoms with E-state index in [2.05, 4.69) is 0 Å². The lowest BCUT2D eigenvalue weighted by Gasteiger charge is -2.33. The Kier molecular flexibility index (Phi) is 1.04. The number of fused-ring (bicyclic) bond motifs is 1. The summed E-state index contributed by atoms with van der Waals surface area (Å²) in [5, 5.41) is 9.14. The van der Waals surface area contributed by atoms with Crippen LogP contribution in [0.3, 0.4) is 0 Å². The lowest BCUT2D eigenvalue weighted by Crippen LogP contribution is -2.50. The fraction of sp³-hybridized carbons (Fsp3) is 0.833. The third-order valence-corrected chi connectivity index (χ3v) is 2.25. The average Bonchev–Trinajstić information content (AvgIpc) is 1.92. The van der Waals surface area contributed by atoms with Crippen molar-refractivity contribution < 1.29 is 14.6 Å². The largest absolute Gasteiger partial charge is 0.380 e. The first-order chi connectivity index (χ1) is 4.72. The molecular formula is C6H9NO3. The molecule has 1 amide bonds. The maximum atomic E-state index is 11.0. The number of rotatable bonds is 0. The Balaban J connectivity index is 2.22. The van der Waals surface area contributed by atoms with E-state index in [0.29, 0.717) is 6.61 Å². The molecule has 2 heterocycles. The zero-order valence-corrected chi connectivity index (χ0v) is 5.65. The fourth-order valence-corrected chi connectivity index (χ4v) is 1.44. The normalized spacial score (nSPS) is 45.2. The van der Waals surface area contributed by atoms with Crippen molar-refractivity contribution in [1.82, 2.24) is 4.90 Å². The second kappa shape index (κ2) is 1.71. The van der Waals surface area contributed by atoms with Crippen molar-refractivity contribution in [3.8, 4) is 0 Å². The predicted molar refractivity (Wildman–Crippen MR) is 32.3 cm³/mol. The number of aliphatic hydroxyl groups excluding tert-OH is 1. The molecule has 0 aromatic carbocycles. The highest BCUT2D eigenvalue weighted by molar-refractivity contribution is 5.84. The van der Waals surface area contributed by atoms with E-state index in [4.69, 9.17) is 9.84 Å². The van der Waals surface area contributed by atoms with Crippen LogP contribution in [-0.2, 0) is 9.53 Å². The Labute approximate surface area is 58.4 Å². The number of hydrogen-bond donors (Lipinski definition) is 1. The summed E-state index contributed by atoms with van der Waals surface area (Å²) in [6.07, 6.45) is -1.17. The van der Waals surface area contributed by atoms with Crippen LogP contribution >= 0.6 is 0 Å². The van der Waals surface area contributed by atoms with Gasteiger partial charge in [0.1, 0.15) is 6.10 Å². The monoisotopic (exact) mass is 143 g/mol. The molecule has 3 atom stereocenters. The van der Waals surface area contributed by atoms with E-state index >= 15 is 0 Å². The van der Waals surface area contributed by atoms with Gasteiger partial charge in [-0.05, 0) is 0 Å². The fourth-order valence-electron chi connectivity index (χ4n) is 1.44. The van der Waals surface area contributed by atoms with Crippen LogP contribution in [0.4, 0.5) is 0 Å². The van der Waals surface area contributed by atoms with Gasteiger partial charge in [-0.15, -0.1) is 0 Å². The molecule has 2 saturated heterocycles. The summed E-state index contributed by atoms with van der Waals surface area (Å²) in [5.41, 5.74) is 0. The summed E-state index contributed by atoms with van der Waals surface area (Å²) in [5.74, 6) is -0.215. The molecule has 2 rings (SSSR count). The second-order valence-electron chi connectivity index (χ2n) is 2.76. The van der Waals surface area contributed by atoms with Gasteiger partial charge in [0.15, 0.2) is 6.10 Å². The summed E-state index contributed by atoms with van der Waals surface area (Å²) in [7, 11) is 1.69. The van der Waals surface area contributed by atoms with Gasteiger partial charge in [0.2, 0.25) is 0 Å². The Bertz CT molecular complexity index is 164. The number of amides is 1. The zero-order valence-electron chi connectivity index (χ0n) is 5.65. The van der Waals surface area contributed by atoms with Gasteiger partial charge >= 0.3 is 0 Å². The minimum atomic E-state index is -0.913. The SMILES string of the molecule is CN1C(=O)[C@@H](O)[C@@H]2OC[C@@H]21. The first kappa shape index (κ1) is 6.12. The minimum Gasteiger partial charge on any atom is -0.380 e. The van der Waals surface area contributed by atoms with Crippen molar-refractivity contribution in [2.45, 2.75) is 18.2 Å². The molecule has 0 aliphatic carbocycles. The van der Waals surface area contributed by atoms with E-state index < -0.39 is 6.10 Å². The van der Waals surface area contributed by atoms with Crippen molar-refractivity contribution >= 4 is 5.91 Å². The average molecular weight is 143 g/mol. The standard InChI is InChI=1S/C6H9NO3/c1-7-3-2-10-5(3)4(8)6(7)9/h3-5,8H,2H2,1H3/t3-,4-,5+/m0/s1. The third-order valence-electron chi connectivity index (χ3n) is 2.25. The summed E-state index contributed by atoms with van der Waals surface area (Å²) in [6.45, 7) is 0.573. The number of hydrogen-bond acceptors (Lipinski definition) is 3. The Hall–Kier alpha value is -0.610. The van der Waals surface area contributed by atoms with Crippen LogP contribution in [0.15, 0.2) is 0 Å². The van der Waals surface area contributed by atoms with Gasteiger partial charge in [-0.2, -0.15) is 0 Å². The lowest BCUT2D eigenvalue weighted by molar-refractivity contribution is -0.135. The Morgan fingerprint density at radius 3 is 2.70 bits per heavy atom. The van der Waals surface area contributed by atoms with Crippen molar-refractivity contribution in [3.63, 3.8) is 0 Å². The van der Waals surface area contributed by atoms with E-state index in [1.54, 1.807) is 11.9 Å². The molecule has 0 aromatic rings. The number of ether oxygens (including phenoxy) is 1. The van der Waals surface area contributed by atoms with Gasteiger partial charge in [-0.25, -0.2) is 0 Å². The summed E-state index contributed by atoms with van der Waals surface area (Å²) in [4.78, 5) is 12.5. The second-order valence-corrected chi connectivity index (χ2v) is 2.76. The summed E-state index contributed by atoms with van der Waals surface area (Å²) >= 11 is 0. The molecule has 1 N–H and O–H groups in total. The topological polar surface area (TPSA) is 49.8 Å². The van der Waals surface area contributed by atoms with Gasteiger partial charge in [0, 0.05) is 7.05 Å². The highest BCUT2D eigenvalue weighted by Gasteiger charge is 2.52. The van der Waals surface area contributed by atoms with Crippen LogP contribution < -0.4 is 0 Å². The first-order valence-corrected chi connectivity index (χ1v) is 3.28. The van der Waals surface area contributed by atoms with Gasteiger partial charge < -0.3 is 14.7 Å². The van der Waals surface area contributed by atoms with Crippen LogP contribution in [0.5, 0.6) is 0 Å². The Morgan fingerprint density at radius 1 is 1.80 bits per heavy atom. The maximum absolute atomic E-state index is 11.0. The number of likely N-dealkylation sites (N-methyl/N-ethyl adjacent to an activating group) is 1. The molecule has 0 spiro atoms. The van der Waals surface area contributed by atoms with Crippen LogP contribution in [0.25, 0.3) is 0 Å². The van der Waals surface area contributed by atoms with E-state index in [1.807, 2.05) is 0 Å². The molecule has 4 heteroatoms. The Morgan fingerprint density at radius 2 is 2.50 bits per heavy atom. The molecule has 2 fully saturated rings. The summed E-state index contributed by atoms with van der Waals surface area (Å²) < 4.78 is 5.00. The van der Waals surface area contributed by atoms with Gasteiger partial charge in [-0.1, -0.05) is 0 Å². The lowest BCUT2D eigenvalue weighted by atomic mass is 10.1. The molecule has 0 saturated carbocycles. The van der Waals surface area contributed by atoms with E-state index in [1.165, 1.54) is 0 Å². The van der Waals surface area contributed by atoms with Gasteiger partial charge in [0.25, 0.3) is 5.91 Å². The predicted octanol–water partition coefficient (Wildman–Crippen LogP) is -1.41. The maximum Gasteiger partial charge on any atom is 0.254 e. The molecule has 0 aromatic heterocycles. The van der Waals surface area contributed by atoms with Crippen LogP contribution in [0.1, 0.15) is 0 Å². The highest BCUT2D eigenvalue weighted by atomic mass is 16.5. The molecule has 0 radical (unpaired) electrons. The van der Waals surface area contributed by atoms with Crippen LogP contribution in [-0.4, -0.2) is 47.8 Å². The third kappa shape index (κ3) is 0.507. The number of carbonyl (C=O) groups is 1. The van der Waals surface area contributed by atoms with Crippen molar-refractivity contribution in [1.29, 1.82) is 0 Å². The molecule has 10 heavy (non-hydrogen) atoms. The molecular weight excluding hydrogens is 134 g/mol. The molecule has 56 valence electrons. The molecule has 0 bridgehead atoms. The van der Waals surface area contributed by atoms with E-state index in [9.17, 15) is 4.79 Å².